The van der Waals surface area contributed by atoms with Crippen LogP contribution < -0.4 is 0 Å². The van der Waals surface area contributed by atoms with Crippen molar-refractivity contribution in [1.29, 1.82) is 0 Å². The molecule has 31 heavy (non-hydrogen) atoms. The van der Waals surface area contributed by atoms with Gasteiger partial charge in [0.25, 0.3) is 0 Å². The van der Waals surface area contributed by atoms with Gasteiger partial charge in [-0.05, 0) is 37.1 Å². The van der Waals surface area contributed by atoms with Crippen molar-refractivity contribution in [3.63, 3.8) is 0 Å². The van der Waals surface area contributed by atoms with E-state index in [1.165, 1.54) is 13.8 Å². The number of hydrogen-bond donors (Lipinski definition) is 0. The second kappa shape index (κ2) is 6.15. The van der Waals surface area contributed by atoms with Gasteiger partial charge in [-0.15, -0.1) is 23.5 Å². The quantitative estimate of drug-likeness (QED) is 0.421. The third kappa shape index (κ3) is 2.32. The van der Waals surface area contributed by atoms with E-state index in [-0.39, 0.29) is 9.81 Å². The lowest BCUT2D eigenvalue weighted by Crippen LogP contribution is -2.49. The van der Waals surface area contributed by atoms with Gasteiger partial charge in [0.15, 0.2) is 0 Å². The number of carbonyl (C=O) groups is 2. The van der Waals surface area contributed by atoms with Gasteiger partial charge < -0.3 is 9.47 Å². The summed E-state index contributed by atoms with van der Waals surface area (Å²) in [5, 5.41) is 0. The van der Waals surface area contributed by atoms with Crippen LogP contribution in [0.5, 0.6) is 0 Å². The molecule has 0 saturated heterocycles. The molecule has 0 aromatic carbocycles. The second-order valence-electron chi connectivity index (χ2n) is 7.57. The molecule has 0 spiro atoms. The van der Waals surface area contributed by atoms with Crippen molar-refractivity contribution in [2.45, 2.75) is 41.1 Å². The maximum atomic E-state index is 14.9. The van der Waals surface area contributed by atoms with Crippen LogP contribution in [0.25, 0.3) is 0 Å². The molecule has 12 heteroatoms. The minimum atomic E-state index is -5.71. The molecule has 1 fully saturated rings. The molecule has 0 bridgehead atoms. The standard InChI is InChI=1S/C19H14F6O4S2/c1-15-7(5-9(30-15)13(26)28-3)11-12(18(22,23)19(24,25)17(11,20)21)8-6-10(14(27)29-4)31-16(8,15)2/h5-6H,1-4H3/t15-,16-/m0/s1. The van der Waals surface area contributed by atoms with Crippen LogP contribution in [-0.2, 0) is 19.1 Å². The molecule has 0 radical (unpaired) electrons. The van der Waals surface area contributed by atoms with Crippen molar-refractivity contribution in [3.05, 3.63) is 44.3 Å². The van der Waals surface area contributed by atoms with Crippen molar-refractivity contribution in [1.82, 2.24) is 0 Å². The molecular formula is C19H14F6O4S2. The average Bonchev–Trinajstić information content (AvgIpc) is 3.26. The number of alkyl halides is 6. The summed E-state index contributed by atoms with van der Waals surface area (Å²) in [6.07, 6.45) is 1.80. The lowest BCUT2D eigenvalue weighted by atomic mass is 9.71. The highest BCUT2D eigenvalue weighted by Crippen LogP contribution is 2.74. The van der Waals surface area contributed by atoms with Crippen LogP contribution in [0.2, 0.25) is 0 Å². The molecule has 168 valence electrons. The largest absolute Gasteiger partial charge is 0.465 e. The van der Waals surface area contributed by atoms with Gasteiger partial charge in [0.05, 0.1) is 33.5 Å². The first-order valence-electron chi connectivity index (χ1n) is 8.74. The first-order valence-corrected chi connectivity index (χ1v) is 10.4. The monoisotopic (exact) mass is 484 g/mol. The summed E-state index contributed by atoms with van der Waals surface area (Å²) >= 11 is 1.48. The molecule has 4 aliphatic rings. The number of esters is 2. The Hall–Kier alpha value is -1.82. The van der Waals surface area contributed by atoms with Crippen LogP contribution >= 0.6 is 23.5 Å². The van der Waals surface area contributed by atoms with E-state index in [1.54, 1.807) is 0 Å². The van der Waals surface area contributed by atoms with Crippen LogP contribution in [-0.4, -0.2) is 53.4 Å². The number of halogens is 6. The molecule has 2 aliphatic carbocycles. The van der Waals surface area contributed by atoms with E-state index < -0.39 is 61.5 Å². The summed E-state index contributed by atoms with van der Waals surface area (Å²) in [5.41, 5.74) is -4.08. The molecule has 2 atom stereocenters. The van der Waals surface area contributed by atoms with Crippen molar-refractivity contribution in [2.24, 2.45) is 0 Å². The van der Waals surface area contributed by atoms with E-state index in [1.807, 2.05) is 0 Å². The van der Waals surface area contributed by atoms with Crippen molar-refractivity contribution in [2.75, 3.05) is 14.2 Å². The lowest BCUT2D eigenvalue weighted by molar-refractivity contribution is -0.258. The summed E-state index contributed by atoms with van der Waals surface area (Å²) in [6, 6.07) is 0. The number of methoxy groups -OCH3 is 2. The first kappa shape index (κ1) is 22.4. The summed E-state index contributed by atoms with van der Waals surface area (Å²) < 4.78 is 94.4. The predicted molar refractivity (Wildman–Crippen MR) is 101 cm³/mol. The Kier molecular flexibility index (Phi) is 4.44. The van der Waals surface area contributed by atoms with Crippen LogP contribution in [0.4, 0.5) is 26.3 Å². The van der Waals surface area contributed by atoms with Crippen LogP contribution in [0.3, 0.4) is 0 Å². The highest BCUT2D eigenvalue weighted by Gasteiger charge is 2.84. The zero-order valence-electron chi connectivity index (χ0n) is 16.4. The third-order valence-electron chi connectivity index (χ3n) is 6.10. The molecule has 2 aliphatic heterocycles. The molecule has 1 saturated carbocycles. The Morgan fingerprint density at radius 3 is 1.35 bits per heavy atom. The summed E-state index contributed by atoms with van der Waals surface area (Å²) in [7, 11) is 2.08. The van der Waals surface area contributed by atoms with Gasteiger partial charge in [-0.25, -0.2) is 9.59 Å². The molecular weight excluding hydrogens is 470 g/mol. The summed E-state index contributed by atoms with van der Waals surface area (Å²) in [5.74, 6) is -18.0. The molecule has 0 unspecified atom stereocenters. The van der Waals surface area contributed by atoms with E-state index in [0.717, 1.165) is 49.9 Å². The molecule has 4 rings (SSSR count). The van der Waals surface area contributed by atoms with E-state index >= 15 is 0 Å². The minimum Gasteiger partial charge on any atom is -0.465 e. The molecule has 0 aromatic rings. The highest BCUT2D eigenvalue weighted by molar-refractivity contribution is 8.10. The Morgan fingerprint density at radius 1 is 0.742 bits per heavy atom. The van der Waals surface area contributed by atoms with Gasteiger partial charge >= 0.3 is 29.7 Å². The lowest BCUT2D eigenvalue weighted by Gasteiger charge is -2.47. The fourth-order valence-electron chi connectivity index (χ4n) is 4.31. The van der Waals surface area contributed by atoms with Crippen molar-refractivity contribution >= 4 is 35.5 Å². The van der Waals surface area contributed by atoms with Crippen LogP contribution in [0.1, 0.15) is 13.8 Å². The Bertz CT molecular complexity index is 991. The van der Waals surface area contributed by atoms with Gasteiger partial charge in [0, 0.05) is 11.1 Å². The molecule has 4 nitrogen and oxygen atoms in total. The number of allylic oxidation sites excluding steroid dienone is 4. The zero-order valence-corrected chi connectivity index (χ0v) is 18.0. The normalized spacial score (nSPS) is 34.0. The van der Waals surface area contributed by atoms with Crippen LogP contribution in [0, 0.1) is 0 Å². The van der Waals surface area contributed by atoms with Gasteiger partial charge in [0.2, 0.25) is 0 Å². The predicted octanol–water partition coefficient (Wildman–Crippen LogP) is 4.64. The van der Waals surface area contributed by atoms with E-state index in [2.05, 4.69) is 9.47 Å². The Labute approximate surface area is 180 Å². The second-order valence-corrected chi connectivity index (χ2v) is 10.5. The fraction of sp³-hybridized carbons (Fsp3) is 0.474. The number of fused-ring (bicyclic) bond motifs is 4. The maximum absolute atomic E-state index is 14.9. The summed E-state index contributed by atoms with van der Waals surface area (Å²) in [6.45, 7) is 2.77. The number of hydrogen-bond acceptors (Lipinski definition) is 6. The maximum Gasteiger partial charge on any atom is 0.380 e. The molecule has 2 heterocycles. The smallest absolute Gasteiger partial charge is 0.380 e. The topological polar surface area (TPSA) is 52.6 Å². The highest BCUT2D eigenvalue weighted by atomic mass is 32.2. The Balaban J connectivity index is 2.13. The molecule has 0 N–H and O–H groups in total. The SMILES string of the molecule is COC(=O)C1=CC2=C3C(=C4C=C(C(=O)OC)S[C@]4(C)[C@@]2(C)S1)C(F)(F)C(F)(F)C3(F)F. The van der Waals surface area contributed by atoms with E-state index in [0.29, 0.717) is 0 Å². The first-order chi connectivity index (χ1) is 14.1. The third-order valence-corrected chi connectivity index (χ3v) is 9.31. The fourth-order valence-corrected chi connectivity index (χ4v) is 7.28. The van der Waals surface area contributed by atoms with E-state index in [9.17, 15) is 35.9 Å². The number of carbonyl (C=O) groups excluding carboxylic acids is 2. The van der Waals surface area contributed by atoms with Gasteiger partial charge in [0.1, 0.15) is 0 Å². The van der Waals surface area contributed by atoms with Crippen molar-refractivity contribution in [3.8, 4) is 0 Å². The molecule has 0 amide bonds. The van der Waals surface area contributed by atoms with Gasteiger partial charge in [-0.1, -0.05) is 0 Å². The van der Waals surface area contributed by atoms with Gasteiger partial charge in [-0.2, -0.15) is 26.3 Å². The number of ether oxygens (including phenoxy) is 2. The minimum absolute atomic E-state index is 0.198. The average molecular weight is 484 g/mol. The molecule has 0 aromatic heterocycles. The number of rotatable bonds is 2. The summed E-state index contributed by atoms with van der Waals surface area (Å²) in [4.78, 5) is 23.8. The van der Waals surface area contributed by atoms with Crippen molar-refractivity contribution < 1.29 is 45.4 Å². The Morgan fingerprint density at radius 2 is 1.06 bits per heavy atom. The van der Waals surface area contributed by atoms with Gasteiger partial charge in [-0.3, -0.25) is 0 Å². The van der Waals surface area contributed by atoms with Crippen LogP contribution in [0.15, 0.2) is 44.3 Å². The number of thioether (sulfide) groups is 2. The zero-order chi connectivity index (χ0) is 23.4. The van der Waals surface area contributed by atoms with E-state index in [4.69, 9.17) is 0 Å².